The molecule has 2 aliphatic heterocycles. The van der Waals surface area contributed by atoms with E-state index in [-0.39, 0.29) is 11.8 Å². The summed E-state index contributed by atoms with van der Waals surface area (Å²) >= 11 is 0. The van der Waals surface area contributed by atoms with Crippen LogP contribution in [0.2, 0.25) is 0 Å². The number of likely N-dealkylation sites (tertiary alicyclic amines) is 1. The quantitative estimate of drug-likeness (QED) is 0.695. The molecule has 17 heavy (non-hydrogen) atoms. The van der Waals surface area contributed by atoms with Crippen molar-refractivity contribution in [3.63, 3.8) is 0 Å². The van der Waals surface area contributed by atoms with Gasteiger partial charge in [-0.2, -0.15) is 0 Å². The van der Waals surface area contributed by atoms with Crippen molar-refractivity contribution in [1.29, 1.82) is 0 Å². The number of carboxylic acid groups (broad SMARTS) is 1. The highest BCUT2D eigenvalue weighted by atomic mass is 16.4. The van der Waals surface area contributed by atoms with E-state index in [9.17, 15) is 14.4 Å². The van der Waals surface area contributed by atoms with Crippen LogP contribution in [0.1, 0.15) is 32.1 Å². The van der Waals surface area contributed by atoms with Crippen LogP contribution in [-0.2, 0) is 14.4 Å². The molecule has 2 atom stereocenters. The molecule has 2 amide bonds. The van der Waals surface area contributed by atoms with Crippen LogP contribution in [0, 0.1) is 0 Å². The second-order valence-corrected chi connectivity index (χ2v) is 4.54. The average Bonchev–Trinajstić information content (AvgIpc) is 2.75. The maximum Gasteiger partial charge on any atom is 0.326 e. The monoisotopic (exact) mass is 240 g/mol. The van der Waals surface area contributed by atoms with Gasteiger partial charge in [-0.3, -0.25) is 9.59 Å². The van der Waals surface area contributed by atoms with Gasteiger partial charge in [0.25, 0.3) is 0 Å². The molecular formula is C11H16N2O4. The predicted octanol–water partition coefficient (Wildman–Crippen LogP) is -0.269. The van der Waals surface area contributed by atoms with Crippen molar-refractivity contribution in [2.24, 2.45) is 0 Å². The smallest absolute Gasteiger partial charge is 0.326 e. The predicted molar refractivity (Wildman–Crippen MR) is 58.2 cm³/mol. The Kier molecular flexibility index (Phi) is 3.31. The Morgan fingerprint density at radius 2 is 2.06 bits per heavy atom. The van der Waals surface area contributed by atoms with E-state index in [4.69, 9.17) is 5.11 Å². The SMILES string of the molecule is O=C1CC[C@H](C(=O)N2CCCC[C@H]2C(=O)O)N1. The molecule has 2 N–H and O–H groups in total. The normalized spacial score (nSPS) is 28.9. The summed E-state index contributed by atoms with van der Waals surface area (Å²) in [6.07, 6.45) is 2.98. The molecule has 6 nitrogen and oxygen atoms in total. The van der Waals surface area contributed by atoms with Gasteiger partial charge in [0, 0.05) is 13.0 Å². The summed E-state index contributed by atoms with van der Waals surface area (Å²) < 4.78 is 0. The van der Waals surface area contributed by atoms with Crippen LogP contribution < -0.4 is 5.32 Å². The van der Waals surface area contributed by atoms with Gasteiger partial charge in [0.2, 0.25) is 11.8 Å². The van der Waals surface area contributed by atoms with Gasteiger partial charge in [-0.15, -0.1) is 0 Å². The van der Waals surface area contributed by atoms with Gasteiger partial charge in [-0.25, -0.2) is 4.79 Å². The third-order valence-corrected chi connectivity index (χ3v) is 3.36. The lowest BCUT2D eigenvalue weighted by molar-refractivity contribution is -0.152. The van der Waals surface area contributed by atoms with Crippen LogP contribution in [0.3, 0.4) is 0 Å². The van der Waals surface area contributed by atoms with Gasteiger partial charge in [-0.05, 0) is 25.7 Å². The van der Waals surface area contributed by atoms with Crippen molar-refractivity contribution in [3.8, 4) is 0 Å². The zero-order chi connectivity index (χ0) is 12.4. The Labute approximate surface area is 99.0 Å². The summed E-state index contributed by atoms with van der Waals surface area (Å²) in [5.41, 5.74) is 0. The second-order valence-electron chi connectivity index (χ2n) is 4.54. The largest absolute Gasteiger partial charge is 0.480 e. The fraction of sp³-hybridized carbons (Fsp3) is 0.727. The summed E-state index contributed by atoms with van der Waals surface area (Å²) in [5, 5.41) is 11.7. The maximum absolute atomic E-state index is 12.1. The summed E-state index contributed by atoms with van der Waals surface area (Å²) in [6, 6.07) is -1.25. The van der Waals surface area contributed by atoms with Crippen LogP contribution in [0.15, 0.2) is 0 Å². The molecule has 0 unspecified atom stereocenters. The first-order valence-corrected chi connectivity index (χ1v) is 5.92. The number of nitrogens with one attached hydrogen (secondary N) is 1. The molecule has 0 spiro atoms. The Hall–Kier alpha value is -1.59. The van der Waals surface area contributed by atoms with E-state index in [1.165, 1.54) is 4.90 Å². The van der Waals surface area contributed by atoms with E-state index in [0.29, 0.717) is 25.8 Å². The minimum atomic E-state index is -0.956. The Morgan fingerprint density at radius 3 is 2.65 bits per heavy atom. The number of carbonyl (C=O) groups is 3. The molecule has 2 heterocycles. The topological polar surface area (TPSA) is 86.7 Å². The number of amides is 2. The van der Waals surface area contributed by atoms with Crippen molar-refractivity contribution < 1.29 is 19.5 Å². The van der Waals surface area contributed by atoms with E-state index in [2.05, 4.69) is 5.32 Å². The highest BCUT2D eigenvalue weighted by Crippen LogP contribution is 2.20. The third-order valence-electron chi connectivity index (χ3n) is 3.36. The van der Waals surface area contributed by atoms with Crippen molar-refractivity contribution in [2.75, 3.05) is 6.54 Å². The minimum Gasteiger partial charge on any atom is -0.480 e. The number of nitrogens with zero attached hydrogens (tertiary/aromatic N) is 1. The number of aliphatic carboxylic acids is 1. The Bertz CT molecular complexity index is 355. The van der Waals surface area contributed by atoms with E-state index in [1.54, 1.807) is 0 Å². The molecule has 0 aromatic heterocycles. The first-order chi connectivity index (χ1) is 8.09. The van der Waals surface area contributed by atoms with Crippen LogP contribution in [0.4, 0.5) is 0 Å². The summed E-state index contributed by atoms with van der Waals surface area (Å²) in [6.45, 7) is 0.474. The molecule has 2 aliphatic rings. The lowest BCUT2D eigenvalue weighted by Crippen LogP contribution is -2.53. The number of piperidine rings is 1. The summed E-state index contributed by atoms with van der Waals surface area (Å²) in [7, 11) is 0. The minimum absolute atomic E-state index is 0.132. The number of rotatable bonds is 2. The molecule has 0 bridgehead atoms. The first-order valence-electron chi connectivity index (χ1n) is 5.92. The third kappa shape index (κ3) is 2.40. The standard InChI is InChI=1S/C11H16N2O4/c14-9-5-4-7(12-9)10(15)13-6-2-1-3-8(13)11(16)17/h7-8H,1-6H2,(H,12,14)(H,16,17)/t7-,8+/m1/s1. The molecule has 0 aromatic rings. The first kappa shape index (κ1) is 11.9. The number of carbonyl (C=O) groups excluding carboxylic acids is 2. The Balaban J connectivity index is 2.06. The van der Waals surface area contributed by atoms with Crippen molar-refractivity contribution in [1.82, 2.24) is 10.2 Å². The molecule has 0 radical (unpaired) electrons. The molecule has 2 rings (SSSR count). The van der Waals surface area contributed by atoms with Gasteiger partial charge in [0.1, 0.15) is 12.1 Å². The molecular weight excluding hydrogens is 224 g/mol. The number of carboxylic acids is 1. The van der Waals surface area contributed by atoms with Crippen molar-refractivity contribution in [3.05, 3.63) is 0 Å². The van der Waals surface area contributed by atoms with Gasteiger partial charge in [-0.1, -0.05) is 0 Å². The van der Waals surface area contributed by atoms with E-state index in [1.807, 2.05) is 0 Å². The fourth-order valence-corrected chi connectivity index (χ4v) is 2.45. The van der Waals surface area contributed by atoms with E-state index < -0.39 is 18.1 Å². The maximum atomic E-state index is 12.1. The summed E-state index contributed by atoms with van der Waals surface area (Å²) in [4.78, 5) is 35.6. The number of hydrogen-bond acceptors (Lipinski definition) is 3. The van der Waals surface area contributed by atoms with Crippen LogP contribution in [0.5, 0.6) is 0 Å². The fourth-order valence-electron chi connectivity index (χ4n) is 2.45. The molecule has 94 valence electrons. The van der Waals surface area contributed by atoms with Gasteiger partial charge < -0.3 is 15.3 Å². The zero-order valence-electron chi connectivity index (χ0n) is 9.52. The van der Waals surface area contributed by atoms with Crippen LogP contribution in [-0.4, -0.2) is 46.4 Å². The molecule has 2 fully saturated rings. The molecule has 6 heteroatoms. The van der Waals surface area contributed by atoms with Crippen LogP contribution >= 0.6 is 0 Å². The van der Waals surface area contributed by atoms with Gasteiger partial charge in [0.05, 0.1) is 0 Å². The number of hydrogen-bond donors (Lipinski definition) is 2. The van der Waals surface area contributed by atoms with Gasteiger partial charge >= 0.3 is 5.97 Å². The highest BCUT2D eigenvalue weighted by Gasteiger charge is 2.37. The van der Waals surface area contributed by atoms with Crippen molar-refractivity contribution >= 4 is 17.8 Å². The molecule has 0 aliphatic carbocycles. The van der Waals surface area contributed by atoms with Crippen molar-refractivity contribution in [2.45, 2.75) is 44.2 Å². The molecule has 2 saturated heterocycles. The highest BCUT2D eigenvalue weighted by molar-refractivity contribution is 5.93. The van der Waals surface area contributed by atoms with Gasteiger partial charge in [0.15, 0.2) is 0 Å². The van der Waals surface area contributed by atoms with E-state index in [0.717, 1.165) is 12.8 Å². The Morgan fingerprint density at radius 1 is 1.29 bits per heavy atom. The summed E-state index contributed by atoms with van der Waals surface area (Å²) in [5.74, 6) is -1.34. The van der Waals surface area contributed by atoms with Crippen LogP contribution in [0.25, 0.3) is 0 Å². The average molecular weight is 240 g/mol. The lowest BCUT2D eigenvalue weighted by Gasteiger charge is -2.34. The zero-order valence-corrected chi connectivity index (χ0v) is 9.52. The molecule has 0 saturated carbocycles. The lowest BCUT2D eigenvalue weighted by atomic mass is 10.0. The second kappa shape index (κ2) is 4.73. The van der Waals surface area contributed by atoms with E-state index >= 15 is 0 Å². The molecule has 0 aromatic carbocycles.